The molecule has 33 heavy (non-hydrogen) atoms. The molecule has 0 aliphatic heterocycles. The minimum atomic E-state index is -4.63. The van der Waals surface area contributed by atoms with Crippen LogP contribution in [0.15, 0.2) is 41.9 Å². The summed E-state index contributed by atoms with van der Waals surface area (Å²) in [4.78, 5) is 29.1. The van der Waals surface area contributed by atoms with Crippen molar-refractivity contribution in [3.63, 3.8) is 0 Å². The van der Waals surface area contributed by atoms with Crippen LogP contribution in [0.3, 0.4) is 0 Å². The molecule has 2 heterocycles. The number of hydrogen-bond donors (Lipinski definition) is 1. The van der Waals surface area contributed by atoms with Crippen LogP contribution in [-0.4, -0.2) is 26.9 Å². The first-order chi connectivity index (χ1) is 15.7. The van der Waals surface area contributed by atoms with Crippen molar-refractivity contribution in [1.82, 2.24) is 15.2 Å². The molecule has 1 aliphatic rings. The van der Waals surface area contributed by atoms with Crippen molar-refractivity contribution in [3.8, 4) is 0 Å². The van der Waals surface area contributed by atoms with E-state index in [4.69, 9.17) is 11.6 Å². The number of halogens is 4. The topological polar surface area (TPSA) is 84.8 Å². The molecule has 1 fully saturated rings. The van der Waals surface area contributed by atoms with Gasteiger partial charge < -0.3 is 0 Å². The molecule has 1 saturated carbocycles. The summed E-state index contributed by atoms with van der Waals surface area (Å²) >= 11 is 7.15. The highest BCUT2D eigenvalue weighted by molar-refractivity contribution is 7.13. The number of aromatic nitrogens is 3. The molecule has 0 unspecified atom stereocenters. The number of Topliss-reactive ketones (excluding diaryl/α,β-unsaturated/α-hetero) is 1. The Labute approximate surface area is 196 Å². The lowest BCUT2D eigenvalue weighted by molar-refractivity contribution is -0.137. The Morgan fingerprint density at radius 3 is 2.42 bits per heavy atom. The summed E-state index contributed by atoms with van der Waals surface area (Å²) in [5, 5.41) is 13.1. The third-order valence-corrected chi connectivity index (χ3v) is 6.56. The first kappa shape index (κ1) is 23.3. The first-order valence-electron chi connectivity index (χ1n) is 10.2. The SMILES string of the molecule is O=C(Nc1nccs1)c1ccc(C2CCC(C(=O)c3cc(Cl)ccc3C(F)(F)F)CC2)nn1. The van der Waals surface area contributed by atoms with Gasteiger partial charge >= 0.3 is 6.18 Å². The largest absolute Gasteiger partial charge is 0.417 e. The first-order valence-corrected chi connectivity index (χ1v) is 11.4. The number of alkyl halides is 3. The molecule has 3 aromatic rings. The van der Waals surface area contributed by atoms with Crippen molar-refractivity contribution < 1.29 is 22.8 Å². The molecule has 0 spiro atoms. The Kier molecular flexibility index (Phi) is 6.76. The van der Waals surface area contributed by atoms with Crippen LogP contribution < -0.4 is 5.32 Å². The molecule has 1 amide bonds. The second-order valence-electron chi connectivity index (χ2n) is 7.74. The average Bonchev–Trinajstić information content (AvgIpc) is 3.31. The molecular formula is C22H18ClF3N4O2S. The Morgan fingerprint density at radius 2 is 1.82 bits per heavy atom. The zero-order valence-corrected chi connectivity index (χ0v) is 18.7. The maximum atomic E-state index is 13.3. The number of nitrogens with zero attached hydrogens (tertiary/aromatic N) is 3. The van der Waals surface area contributed by atoms with Crippen molar-refractivity contribution >= 4 is 39.8 Å². The molecule has 1 N–H and O–H groups in total. The Hall–Kier alpha value is -2.85. The second kappa shape index (κ2) is 9.56. The molecule has 0 saturated heterocycles. The lowest BCUT2D eigenvalue weighted by Gasteiger charge is -2.27. The van der Waals surface area contributed by atoms with Gasteiger partial charge in [-0.05, 0) is 56.0 Å². The van der Waals surface area contributed by atoms with E-state index in [0.717, 1.165) is 18.2 Å². The number of hydrogen-bond acceptors (Lipinski definition) is 6. The van der Waals surface area contributed by atoms with Crippen molar-refractivity contribution in [2.24, 2.45) is 5.92 Å². The van der Waals surface area contributed by atoms with Crippen LogP contribution >= 0.6 is 22.9 Å². The van der Waals surface area contributed by atoms with Crippen LogP contribution in [0.25, 0.3) is 0 Å². The molecule has 1 aliphatic carbocycles. The Balaban J connectivity index is 1.40. The quantitative estimate of drug-likeness (QED) is 0.439. The van der Waals surface area contributed by atoms with E-state index in [9.17, 15) is 22.8 Å². The van der Waals surface area contributed by atoms with Crippen molar-refractivity contribution in [1.29, 1.82) is 0 Å². The van der Waals surface area contributed by atoms with Crippen LogP contribution in [0, 0.1) is 5.92 Å². The molecule has 1 aromatic carbocycles. The van der Waals surface area contributed by atoms with Gasteiger partial charge in [-0.25, -0.2) is 4.98 Å². The van der Waals surface area contributed by atoms with Gasteiger partial charge in [0.25, 0.3) is 5.91 Å². The number of carbonyl (C=O) groups is 2. The van der Waals surface area contributed by atoms with E-state index in [0.29, 0.717) is 36.5 Å². The minimum absolute atomic E-state index is 0.0130. The number of carbonyl (C=O) groups excluding carboxylic acids is 2. The van der Waals surface area contributed by atoms with Gasteiger partial charge in [0.2, 0.25) is 0 Å². The predicted molar refractivity (Wildman–Crippen MR) is 118 cm³/mol. The molecule has 0 atom stereocenters. The minimum Gasteiger partial charge on any atom is -0.296 e. The van der Waals surface area contributed by atoms with E-state index in [1.165, 1.54) is 11.3 Å². The molecule has 4 rings (SSSR count). The van der Waals surface area contributed by atoms with E-state index in [1.54, 1.807) is 23.7 Å². The highest BCUT2D eigenvalue weighted by Crippen LogP contribution is 2.39. The number of ketones is 1. The van der Waals surface area contributed by atoms with Crippen LogP contribution in [0.1, 0.15) is 63.7 Å². The van der Waals surface area contributed by atoms with Gasteiger partial charge in [0, 0.05) is 34.0 Å². The van der Waals surface area contributed by atoms with Crippen molar-refractivity contribution in [2.45, 2.75) is 37.8 Å². The van der Waals surface area contributed by atoms with Gasteiger partial charge in [0.1, 0.15) is 0 Å². The fraction of sp³-hybridized carbons (Fsp3) is 0.318. The zero-order valence-electron chi connectivity index (χ0n) is 17.1. The Morgan fingerprint density at radius 1 is 1.06 bits per heavy atom. The molecule has 172 valence electrons. The van der Waals surface area contributed by atoms with Gasteiger partial charge in [-0.1, -0.05) is 11.6 Å². The smallest absolute Gasteiger partial charge is 0.296 e. The maximum absolute atomic E-state index is 13.3. The summed E-state index contributed by atoms with van der Waals surface area (Å²) in [7, 11) is 0. The van der Waals surface area contributed by atoms with Gasteiger partial charge in [-0.15, -0.1) is 16.4 Å². The number of amides is 1. The second-order valence-corrected chi connectivity index (χ2v) is 9.07. The highest BCUT2D eigenvalue weighted by Gasteiger charge is 2.37. The van der Waals surface area contributed by atoms with E-state index < -0.39 is 29.3 Å². The third kappa shape index (κ3) is 5.39. The number of anilines is 1. The lowest BCUT2D eigenvalue weighted by Crippen LogP contribution is -2.24. The van der Waals surface area contributed by atoms with Crippen molar-refractivity contribution in [2.75, 3.05) is 5.32 Å². The summed E-state index contributed by atoms with van der Waals surface area (Å²) in [6.07, 6.45) is -1.03. The summed E-state index contributed by atoms with van der Waals surface area (Å²) in [6, 6.07) is 6.37. The molecular weight excluding hydrogens is 477 g/mol. The molecule has 0 radical (unpaired) electrons. The predicted octanol–water partition coefficient (Wildman–Crippen LogP) is 6.01. The van der Waals surface area contributed by atoms with E-state index in [1.807, 2.05) is 0 Å². The van der Waals surface area contributed by atoms with Crippen molar-refractivity contribution in [3.05, 3.63) is 69.4 Å². The molecule has 6 nitrogen and oxygen atoms in total. The van der Waals surface area contributed by atoms with Crippen LogP contribution in [0.2, 0.25) is 5.02 Å². The standard InChI is InChI=1S/C22H18ClF3N4O2S/c23-14-5-6-16(22(24,25)26)15(11-14)19(31)13-3-1-12(2-4-13)17-7-8-18(30-29-17)20(32)28-21-27-9-10-33-21/h5-13H,1-4H2,(H,27,28,32). The number of rotatable bonds is 5. The highest BCUT2D eigenvalue weighted by atomic mass is 35.5. The van der Waals surface area contributed by atoms with E-state index >= 15 is 0 Å². The van der Waals surface area contributed by atoms with E-state index in [-0.39, 0.29) is 22.2 Å². The third-order valence-electron chi connectivity index (χ3n) is 5.64. The normalized spacial score (nSPS) is 18.7. The molecule has 2 aromatic heterocycles. The van der Waals surface area contributed by atoms with Crippen LogP contribution in [-0.2, 0) is 6.18 Å². The fourth-order valence-corrected chi connectivity index (χ4v) is 4.66. The summed E-state index contributed by atoms with van der Waals surface area (Å²) in [5.74, 6) is -1.46. The summed E-state index contributed by atoms with van der Waals surface area (Å²) in [5.41, 5.74) is -0.505. The summed E-state index contributed by atoms with van der Waals surface area (Å²) < 4.78 is 40.0. The fourth-order valence-electron chi connectivity index (χ4n) is 3.97. The lowest BCUT2D eigenvalue weighted by atomic mass is 9.77. The number of benzene rings is 1. The molecule has 11 heteroatoms. The van der Waals surface area contributed by atoms with Gasteiger partial charge in [-0.2, -0.15) is 18.3 Å². The Bertz CT molecular complexity index is 1150. The monoisotopic (exact) mass is 494 g/mol. The van der Waals surface area contributed by atoms with Crippen LogP contribution in [0.5, 0.6) is 0 Å². The number of thiazole rings is 1. The number of nitrogens with one attached hydrogen (secondary N) is 1. The zero-order chi connectivity index (χ0) is 23.6. The summed E-state index contributed by atoms with van der Waals surface area (Å²) in [6.45, 7) is 0. The van der Waals surface area contributed by atoms with E-state index in [2.05, 4.69) is 20.5 Å². The van der Waals surface area contributed by atoms with Gasteiger partial charge in [-0.3, -0.25) is 14.9 Å². The van der Waals surface area contributed by atoms with Crippen LogP contribution in [0.4, 0.5) is 18.3 Å². The average molecular weight is 495 g/mol. The molecule has 0 bridgehead atoms. The maximum Gasteiger partial charge on any atom is 0.417 e. The van der Waals surface area contributed by atoms with Gasteiger partial charge in [0.15, 0.2) is 16.6 Å². The van der Waals surface area contributed by atoms with Gasteiger partial charge in [0.05, 0.1) is 11.3 Å².